The number of alkyl halides is 3. The van der Waals surface area contributed by atoms with Crippen LogP contribution < -0.4 is 14.2 Å². The van der Waals surface area contributed by atoms with Crippen LogP contribution in [0.15, 0.2) is 12.3 Å². The zero-order chi connectivity index (χ0) is 20.2. The molecular formula is C14H18F3N2O6S. The van der Waals surface area contributed by atoms with Crippen molar-refractivity contribution in [2.24, 2.45) is 0 Å². The topological polar surface area (TPSA) is 104 Å². The van der Waals surface area contributed by atoms with Gasteiger partial charge >= 0.3 is 21.7 Å². The maximum Gasteiger partial charge on any atom is 0.534 e. The maximum absolute atomic E-state index is 12.4. The molecule has 26 heavy (non-hydrogen) atoms. The van der Waals surface area contributed by atoms with Crippen molar-refractivity contribution >= 4 is 16.2 Å². The van der Waals surface area contributed by atoms with Gasteiger partial charge in [0.05, 0.1) is 12.7 Å². The fourth-order valence-electron chi connectivity index (χ4n) is 1.43. The Kier molecular flexibility index (Phi) is 6.69. The lowest BCUT2D eigenvalue weighted by atomic mass is 10.2. The van der Waals surface area contributed by atoms with Crippen molar-refractivity contribution in [1.29, 1.82) is 0 Å². The van der Waals surface area contributed by atoms with Crippen LogP contribution in [-0.2, 0) is 14.9 Å². The second kappa shape index (κ2) is 7.98. The van der Waals surface area contributed by atoms with E-state index in [-0.39, 0.29) is 24.6 Å². The number of hydrogen-bond donors (Lipinski definition) is 1. The number of halogens is 3. The zero-order valence-electron chi connectivity index (χ0n) is 14.2. The molecule has 1 rings (SSSR count). The summed E-state index contributed by atoms with van der Waals surface area (Å²) in [7, 11) is -5.88. The summed E-state index contributed by atoms with van der Waals surface area (Å²) in [5, 5.41) is 2.35. The third-order valence-corrected chi connectivity index (χ3v) is 3.36. The summed E-state index contributed by atoms with van der Waals surface area (Å²) >= 11 is 0. The third kappa shape index (κ3) is 6.94. The molecule has 0 atom stereocenters. The molecule has 0 saturated carbocycles. The summed E-state index contributed by atoms with van der Waals surface area (Å²) in [5.74, 6) is -1.09. The van der Waals surface area contributed by atoms with Crippen LogP contribution in [0.1, 0.15) is 26.5 Å². The number of ether oxygens (including phenoxy) is 2. The highest BCUT2D eigenvalue weighted by atomic mass is 32.2. The molecule has 0 aliphatic rings. The Labute approximate surface area is 148 Å². The molecule has 147 valence electrons. The van der Waals surface area contributed by atoms with E-state index in [0.29, 0.717) is 0 Å². The van der Waals surface area contributed by atoms with Gasteiger partial charge in [0, 0.05) is 11.8 Å². The lowest BCUT2D eigenvalue weighted by Crippen LogP contribution is -2.34. The van der Waals surface area contributed by atoms with E-state index in [4.69, 9.17) is 9.47 Å². The van der Waals surface area contributed by atoms with Crippen LogP contribution in [0.5, 0.6) is 11.5 Å². The lowest BCUT2D eigenvalue weighted by molar-refractivity contribution is -0.0500. The van der Waals surface area contributed by atoms with Crippen molar-refractivity contribution in [3.63, 3.8) is 0 Å². The average Bonchev–Trinajstić information content (AvgIpc) is 2.41. The molecule has 0 bridgehead atoms. The van der Waals surface area contributed by atoms with Gasteiger partial charge in [-0.25, -0.2) is 4.79 Å². The number of pyridine rings is 1. The molecule has 1 heterocycles. The molecule has 0 aliphatic carbocycles. The minimum absolute atomic E-state index is 0.0309. The number of rotatable bonds is 6. The van der Waals surface area contributed by atoms with E-state index in [9.17, 15) is 26.4 Å². The first-order valence-corrected chi connectivity index (χ1v) is 8.54. The van der Waals surface area contributed by atoms with Crippen LogP contribution in [0.2, 0.25) is 0 Å². The molecule has 1 N–H and O–H groups in total. The molecule has 1 aromatic rings. The molecule has 1 amide bonds. The van der Waals surface area contributed by atoms with Crippen LogP contribution in [0.4, 0.5) is 18.0 Å². The van der Waals surface area contributed by atoms with Gasteiger partial charge in [0.15, 0.2) is 11.5 Å². The van der Waals surface area contributed by atoms with Gasteiger partial charge in [-0.3, -0.25) is 4.98 Å². The third-order valence-electron chi connectivity index (χ3n) is 2.40. The van der Waals surface area contributed by atoms with Crippen molar-refractivity contribution in [3.8, 4) is 11.5 Å². The molecule has 0 spiro atoms. The number of hydrogen-bond acceptors (Lipinski definition) is 7. The molecule has 12 heteroatoms. The Morgan fingerprint density at radius 2 is 1.88 bits per heavy atom. The minimum Gasteiger partial charge on any atom is -0.486 e. The van der Waals surface area contributed by atoms with E-state index < -0.39 is 33.1 Å². The predicted octanol–water partition coefficient (Wildman–Crippen LogP) is 2.40. The summed E-state index contributed by atoms with van der Waals surface area (Å²) < 4.78 is 73.7. The molecule has 0 aromatic carbocycles. The number of alkyl carbamates (subject to hydrolysis) is 1. The largest absolute Gasteiger partial charge is 0.534 e. The van der Waals surface area contributed by atoms with Crippen molar-refractivity contribution in [1.82, 2.24) is 10.3 Å². The molecule has 0 aliphatic heterocycles. The predicted molar refractivity (Wildman–Crippen MR) is 84.0 cm³/mol. The number of amides is 1. The van der Waals surface area contributed by atoms with Gasteiger partial charge in [0.1, 0.15) is 12.2 Å². The van der Waals surface area contributed by atoms with Crippen molar-refractivity contribution in [2.45, 2.75) is 31.9 Å². The van der Waals surface area contributed by atoms with E-state index in [1.54, 1.807) is 20.8 Å². The Balaban J connectivity index is 2.72. The molecular weight excluding hydrogens is 381 g/mol. The van der Waals surface area contributed by atoms with E-state index in [2.05, 4.69) is 21.4 Å². The fraction of sp³-hybridized carbons (Fsp3) is 0.500. The number of nitrogens with zero attached hydrogens (tertiary/aromatic N) is 1. The first kappa shape index (κ1) is 21.8. The van der Waals surface area contributed by atoms with Crippen LogP contribution >= 0.6 is 0 Å². The highest BCUT2D eigenvalue weighted by Gasteiger charge is 2.49. The number of nitrogens with one attached hydrogen (secondary N) is 1. The Hall–Kier alpha value is -2.24. The van der Waals surface area contributed by atoms with E-state index >= 15 is 0 Å². The van der Waals surface area contributed by atoms with Gasteiger partial charge in [-0.15, -0.1) is 0 Å². The monoisotopic (exact) mass is 399 g/mol. The number of carbonyl (C=O) groups excluding carboxylic acids is 1. The van der Waals surface area contributed by atoms with Crippen molar-refractivity contribution in [3.05, 3.63) is 24.9 Å². The second-order valence-electron chi connectivity index (χ2n) is 5.88. The van der Waals surface area contributed by atoms with E-state index in [1.807, 2.05) is 0 Å². The first-order valence-electron chi connectivity index (χ1n) is 7.14. The standard InChI is InChI=1S/C14H18F3N2O6S/c1-9-7-10(25-26(21,22)14(15,16)17)11(8-19-9)23-6-5-18-12(20)24-13(2,3)4/h7-8H,1,5-6H2,2-4H3,(H,18,20). The van der Waals surface area contributed by atoms with Gasteiger partial charge in [0.25, 0.3) is 0 Å². The van der Waals surface area contributed by atoms with Gasteiger partial charge in [-0.05, 0) is 27.7 Å². The minimum atomic E-state index is -5.88. The normalized spacial score (nSPS) is 12.4. The fourth-order valence-corrected chi connectivity index (χ4v) is 1.89. The molecule has 1 aromatic heterocycles. The Morgan fingerprint density at radius 1 is 1.27 bits per heavy atom. The van der Waals surface area contributed by atoms with Crippen LogP contribution in [-0.4, -0.2) is 43.8 Å². The number of aromatic nitrogens is 1. The lowest BCUT2D eigenvalue weighted by Gasteiger charge is -2.19. The van der Waals surface area contributed by atoms with Crippen molar-refractivity contribution in [2.75, 3.05) is 13.2 Å². The summed E-state index contributed by atoms with van der Waals surface area (Å²) in [6.45, 7) is 8.10. The Bertz CT molecular complexity index is 744. The highest BCUT2D eigenvalue weighted by Crippen LogP contribution is 2.32. The molecule has 0 unspecified atom stereocenters. The van der Waals surface area contributed by atoms with Gasteiger partial charge in [-0.1, -0.05) is 0 Å². The molecule has 8 nitrogen and oxygen atoms in total. The summed E-state index contributed by atoms with van der Waals surface area (Å²) in [6, 6.07) is 0.875. The second-order valence-corrected chi connectivity index (χ2v) is 7.42. The van der Waals surface area contributed by atoms with Gasteiger partial charge in [0.2, 0.25) is 0 Å². The summed E-state index contributed by atoms with van der Waals surface area (Å²) in [4.78, 5) is 15.1. The SMILES string of the molecule is [CH2]c1cc(OS(=O)(=O)C(F)(F)F)c(OCCNC(=O)OC(C)(C)C)cn1. The smallest absolute Gasteiger partial charge is 0.486 e. The average molecular weight is 399 g/mol. The van der Waals surface area contributed by atoms with Crippen LogP contribution in [0.25, 0.3) is 0 Å². The van der Waals surface area contributed by atoms with Gasteiger partial charge < -0.3 is 19.0 Å². The van der Waals surface area contributed by atoms with Gasteiger partial charge in [-0.2, -0.15) is 21.6 Å². The van der Waals surface area contributed by atoms with Crippen LogP contribution in [0.3, 0.4) is 0 Å². The highest BCUT2D eigenvalue weighted by molar-refractivity contribution is 7.88. The van der Waals surface area contributed by atoms with Crippen LogP contribution in [0, 0.1) is 6.92 Å². The Morgan fingerprint density at radius 3 is 2.42 bits per heavy atom. The van der Waals surface area contributed by atoms with E-state index in [1.165, 1.54) is 0 Å². The number of carbonyl (C=O) groups is 1. The molecule has 1 radical (unpaired) electrons. The van der Waals surface area contributed by atoms with Crippen molar-refractivity contribution < 1.29 is 40.0 Å². The molecule has 0 saturated heterocycles. The molecule has 0 fully saturated rings. The van der Waals surface area contributed by atoms with E-state index in [0.717, 1.165) is 12.3 Å². The maximum atomic E-state index is 12.4. The summed E-state index contributed by atoms with van der Waals surface area (Å²) in [6.07, 6.45) is 0.236. The first-order chi connectivity index (χ1) is 11.7. The summed E-state index contributed by atoms with van der Waals surface area (Å²) in [5.41, 5.74) is -6.34. The quantitative estimate of drug-likeness (QED) is 0.445. The zero-order valence-corrected chi connectivity index (χ0v) is 15.0.